The summed E-state index contributed by atoms with van der Waals surface area (Å²) in [4.78, 5) is 12.5. The molecule has 0 radical (unpaired) electrons. The molecule has 4 heteroatoms. The zero-order valence-corrected chi connectivity index (χ0v) is 12.3. The largest absolute Gasteiger partial charge is 0.351 e. The molecule has 0 aliphatic carbocycles. The summed E-state index contributed by atoms with van der Waals surface area (Å²) < 4.78 is 0. The van der Waals surface area contributed by atoms with Crippen LogP contribution in [-0.2, 0) is 10.2 Å². The van der Waals surface area contributed by atoms with E-state index in [0.29, 0.717) is 5.02 Å². The zero-order valence-electron chi connectivity index (χ0n) is 11.5. The molecule has 1 amide bonds. The van der Waals surface area contributed by atoms with E-state index in [-0.39, 0.29) is 11.9 Å². The highest BCUT2D eigenvalue weighted by atomic mass is 35.5. The number of hydrogen-bond donors (Lipinski definition) is 2. The summed E-state index contributed by atoms with van der Waals surface area (Å²) in [5.41, 5.74) is 0.379. The molecule has 0 bridgehead atoms. The molecule has 1 aliphatic rings. The van der Waals surface area contributed by atoms with E-state index in [0.717, 1.165) is 31.5 Å². The Labute approximate surface area is 119 Å². The molecule has 1 atom stereocenters. The fraction of sp³-hybridized carbons (Fsp3) is 0.533. The van der Waals surface area contributed by atoms with Gasteiger partial charge in [0.2, 0.25) is 5.91 Å². The summed E-state index contributed by atoms with van der Waals surface area (Å²) in [5, 5.41) is 7.10. The Kier molecular flexibility index (Phi) is 4.48. The molecule has 0 aromatic heterocycles. The van der Waals surface area contributed by atoms with Gasteiger partial charge >= 0.3 is 0 Å². The Bertz CT molecular complexity index is 453. The van der Waals surface area contributed by atoms with Crippen molar-refractivity contribution >= 4 is 17.5 Å². The van der Waals surface area contributed by atoms with Gasteiger partial charge in [0, 0.05) is 17.6 Å². The first-order valence-electron chi connectivity index (χ1n) is 6.78. The molecule has 0 saturated carbocycles. The smallest absolute Gasteiger partial charge is 0.230 e. The predicted molar refractivity (Wildman–Crippen MR) is 78.5 cm³/mol. The van der Waals surface area contributed by atoms with Gasteiger partial charge in [-0.1, -0.05) is 23.7 Å². The van der Waals surface area contributed by atoms with Crippen LogP contribution in [0.2, 0.25) is 5.02 Å². The Morgan fingerprint density at radius 3 is 2.89 bits per heavy atom. The molecule has 2 N–H and O–H groups in total. The van der Waals surface area contributed by atoms with Crippen molar-refractivity contribution in [3.63, 3.8) is 0 Å². The summed E-state index contributed by atoms with van der Waals surface area (Å²) >= 11 is 6.01. The van der Waals surface area contributed by atoms with Gasteiger partial charge in [0.05, 0.1) is 5.41 Å². The lowest BCUT2D eigenvalue weighted by Gasteiger charge is -2.30. The van der Waals surface area contributed by atoms with E-state index in [1.807, 2.05) is 38.1 Å². The van der Waals surface area contributed by atoms with Crippen LogP contribution in [0.25, 0.3) is 0 Å². The SMILES string of the molecule is CC(C)(C(=O)N[C@H]1CCCNC1)c1cccc(Cl)c1. The predicted octanol–water partition coefficient (Wildman–Crippen LogP) is 2.49. The van der Waals surface area contributed by atoms with E-state index >= 15 is 0 Å². The number of halogens is 1. The highest BCUT2D eigenvalue weighted by Crippen LogP contribution is 2.26. The first-order valence-corrected chi connectivity index (χ1v) is 7.15. The van der Waals surface area contributed by atoms with E-state index in [4.69, 9.17) is 11.6 Å². The minimum absolute atomic E-state index is 0.0588. The third kappa shape index (κ3) is 3.48. The first-order chi connectivity index (χ1) is 9.00. The summed E-state index contributed by atoms with van der Waals surface area (Å²) in [7, 11) is 0. The highest BCUT2D eigenvalue weighted by molar-refractivity contribution is 6.30. The van der Waals surface area contributed by atoms with Gasteiger partial charge in [-0.15, -0.1) is 0 Å². The Balaban J connectivity index is 2.07. The average molecular weight is 281 g/mol. The maximum atomic E-state index is 12.5. The van der Waals surface area contributed by atoms with E-state index in [2.05, 4.69) is 10.6 Å². The third-order valence-electron chi connectivity index (χ3n) is 3.75. The molecule has 1 aliphatic heterocycles. The van der Waals surface area contributed by atoms with Crippen LogP contribution in [0.15, 0.2) is 24.3 Å². The number of nitrogens with one attached hydrogen (secondary N) is 2. The van der Waals surface area contributed by atoms with Crippen LogP contribution >= 0.6 is 11.6 Å². The van der Waals surface area contributed by atoms with Crippen molar-refractivity contribution in [2.75, 3.05) is 13.1 Å². The van der Waals surface area contributed by atoms with Crippen LogP contribution in [0.5, 0.6) is 0 Å². The molecule has 2 rings (SSSR count). The summed E-state index contributed by atoms with van der Waals surface area (Å²) in [5.74, 6) is 0.0588. The van der Waals surface area contributed by atoms with Gasteiger partial charge in [-0.3, -0.25) is 4.79 Å². The van der Waals surface area contributed by atoms with Crippen molar-refractivity contribution in [2.24, 2.45) is 0 Å². The van der Waals surface area contributed by atoms with Crippen LogP contribution in [0, 0.1) is 0 Å². The first kappa shape index (κ1) is 14.4. The number of piperidine rings is 1. The quantitative estimate of drug-likeness (QED) is 0.893. The average Bonchev–Trinajstić information content (AvgIpc) is 2.40. The molecule has 0 unspecified atom stereocenters. The van der Waals surface area contributed by atoms with Crippen LogP contribution in [0.4, 0.5) is 0 Å². The standard InChI is InChI=1S/C15H21ClN2O/c1-15(2,11-5-3-6-12(16)9-11)14(19)18-13-7-4-8-17-10-13/h3,5-6,9,13,17H,4,7-8,10H2,1-2H3,(H,18,19)/t13-/m0/s1. The summed E-state index contributed by atoms with van der Waals surface area (Å²) in [6.45, 7) is 5.77. The maximum Gasteiger partial charge on any atom is 0.230 e. The second kappa shape index (κ2) is 5.93. The Morgan fingerprint density at radius 1 is 1.47 bits per heavy atom. The molecule has 0 spiro atoms. The molecule has 1 aromatic carbocycles. The van der Waals surface area contributed by atoms with Gasteiger partial charge in [0.25, 0.3) is 0 Å². The van der Waals surface area contributed by atoms with Crippen LogP contribution in [0.3, 0.4) is 0 Å². The van der Waals surface area contributed by atoms with Gasteiger partial charge in [0.1, 0.15) is 0 Å². The van der Waals surface area contributed by atoms with Crippen molar-refractivity contribution in [3.8, 4) is 0 Å². The van der Waals surface area contributed by atoms with Gasteiger partial charge in [0.15, 0.2) is 0 Å². The molecule has 1 saturated heterocycles. The van der Waals surface area contributed by atoms with Crippen molar-refractivity contribution in [2.45, 2.75) is 38.1 Å². The minimum Gasteiger partial charge on any atom is -0.351 e. The minimum atomic E-state index is -0.567. The third-order valence-corrected chi connectivity index (χ3v) is 3.98. The maximum absolute atomic E-state index is 12.5. The van der Waals surface area contributed by atoms with E-state index in [1.54, 1.807) is 0 Å². The van der Waals surface area contributed by atoms with E-state index < -0.39 is 5.41 Å². The molecule has 1 aromatic rings. The molecule has 1 heterocycles. The fourth-order valence-corrected chi connectivity index (χ4v) is 2.54. The Morgan fingerprint density at radius 2 is 2.26 bits per heavy atom. The second-order valence-electron chi connectivity index (χ2n) is 5.65. The molecule has 104 valence electrons. The number of rotatable bonds is 3. The summed E-state index contributed by atoms with van der Waals surface area (Å²) in [6.07, 6.45) is 2.16. The monoisotopic (exact) mass is 280 g/mol. The van der Waals surface area contributed by atoms with Crippen molar-refractivity contribution in [1.82, 2.24) is 10.6 Å². The number of carbonyl (C=O) groups is 1. The topological polar surface area (TPSA) is 41.1 Å². The van der Waals surface area contributed by atoms with Gasteiger partial charge < -0.3 is 10.6 Å². The fourth-order valence-electron chi connectivity index (χ4n) is 2.35. The molecule has 3 nitrogen and oxygen atoms in total. The van der Waals surface area contributed by atoms with Gasteiger partial charge in [-0.05, 0) is 50.9 Å². The van der Waals surface area contributed by atoms with Gasteiger partial charge in [-0.25, -0.2) is 0 Å². The number of amides is 1. The molecular weight excluding hydrogens is 260 g/mol. The Hall–Kier alpha value is -1.06. The van der Waals surface area contributed by atoms with E-state index in [1.165, 1.54) is 0 Å². The zero-order chi connectivity index (χ0) is 13.9. The van der Waals surface area contributed by atoms with Crippen LogP contribution in [-0.4, -0.2) is 25.0 Å². The molecule has 1 fully saturated rings. The lowest BCUT2D eigenvalue weighted by Crippen LogP contribution is -2.50. The van der Waals surface area contributed by atoms with Crippen molar-refractivity contribution in [1.29, 1.82) is 0 Å². The normalized spacial score (nSPS) is 20.1. The lowest BCUT2D eigenvalue weighted by atomic mass is 9.83. The van der Waals surface area contributed by atoms with Crippen LogP contribution in [0.1, 0.15) is 32.3 Å². The van der Waals surface area contributed by atoms with E-state index in [9.17, 15) is 4.79 Å². The number of benzene rings is 1. The lowest BCUT2D eigenvalue weighted by molar-refractivity contribution is -0.126. The van der Waals surface area contributed by atoms with Crippen molar-refractivity contribution < 1.29 is 4.79 Å². The van der Waals surface area contributed by atoms with Crippen LogP contribution < -0.4 is 10.6 Å². The number of carbonyl (C=O) groups excluding carboxylic acids is 1. The molecular formula is C15H21ClN2O. The van der Waals surface area contributed by atoms with Gasteiger partial charge in [-0.2, -0.15) is 0 Å². The second-order valence-corrected chi connectivity index (χ2v) is 6.09. The molecule has 19 heavy (non-hydrogen) atoms. The number of hydrogen-bond acceptors (Lipinski definition) is 2. The highest BCUT2D eigenvalue weighted by Gasteiger charge is 2.31. The summed E-state index contributed by atoms with van der Waals surface area (Å²) in [6, 6.07) is 7.75. The van der Waals surface area contributed by atoms with Crippen molar-refractivity contribution in [3.05, 3.63) is 34.9 Å².